The normalized spacial score (nSPS) is 18.5. The van der Waals surface area contributed by atoms with Crippen molar-refractivity contribution in [1.29, 1.82) is 0 Å². The molecule has 116 valence electrons. The van der Waals surface area contributed by atoms with Crippen molar-refractivity contribution in [2.45, 2.75) is 46.3 Å². The molecule has 1 atom stereocenters. The second-order valence-corrected chi connectivity index (χ2v) is 5.02. The molecule has 0 amide bonds. The molecular formula is C14H20N2O5. The molecule has 0 aliphatic carbocycles. The molecule has 0 N–H and O–H groups in total. The highest BCUT2D eigenvalue weighted by molar-refractivity contribution is 5.71. The lowest BCUT2D eigenvalue weighted by atomic mass is 10.2. The summed E-state index contributed by atoms with van der Waals surface area (Å²) >= 11 is 0. The van der Waals surface area contributed by atoms with E-state index in [0.717, 1.165) is 22.0 Å². The Morgan fingerprint density at radius 3 is 2.62 bits per heavy atom. The van der Waals surface area contributed by atoms with Crippen molar-refractivity contribution in [1.82, 2.24) is 9.13 Å². The average molecular weight is 296 g/mol. The number of rotatable bonds is 2. The van der Waals surface area contributed by atoms with E-state index >= 15 is 0 Å². The molecule has 1 fully saturated rings. The first kappa shape index (κ1) is 15.5. The summed E-state index contributed by atoms with van der Waals surface area (Å²) in [4.78, 5) is 36.9. The van der Waals surface area contributed by atoms with Crippen LogP contribution < -0.4 is 11.2 Å². The number of hydrogen-bond donors (Lipinski definition) is 0. The van der Waals surface area contributed by atoms with E-state index in [0.29, 0.717) is 24.3 Å². The highest BCUT2D eigenvalue weighted by Gasteiger charge is 2.25. The summed E-state index contributed by atoms with van der Waals surface area (Å²) in [5, 5.41) is 0. The number of nitrogens with zero attached hydrogens (tertiary/aromatic N) is 2. The minimum absolute atomic E-state index is 0.156. The summed E-state index contributed by atoms with van der Waals surface area (Å²) in [7, 11) is 0. The highest BCUT2D eigenvalue weighted by atomic mass is 16.5. The highest BCUT2D eigenvalue weighted by Crippen LogP contribution is 2.19. The Morgan fingerprint density at radius 2 is 2.05 bits per heavy atom. The smallest absolute Gasteiger partial charge is 0.422 e. The van der Waals surface area contributed by atoms with Crippen LogP contribution in [-0.4, -0.2) is 28.4 Å². The van der Waals surface area contributed by atoms with Gasteiger partial charge in [0.05, 0.1) is 6.61 Å². The van der Waals surface area contributed by atoms with Gasteiger partial charge in [0.1, 0.15) is 6.23 Å². The van der Waals surface area contributed by atoms with Crippen LogP contribution in [-0.2, 0) is 9.47 Å². The lowest BCUT2D eigenvalue weighted by Crippen LogP contribution is -2.47. The van der Waals surface area contributed by atoms with Crippen molar-refractivity contribution in [3.63, 3.8) is 0 Å². The summed E-state index contributed by atoms with van der Waals surface area (Å²) in [5.74, 6) is 0. The van der Waals surface area contributed by atoms with Crippen LogP contribution in [0.25, 0.3) is 0 Å². The summed E-state index contributed by atoms with van der Waals surface area (Å²) in [5.41, 5.74) is -0.467. The van der Waals surface area contributed by atoms with E-state index in [9.17, 15) is 14.4 Å². The van der Waals surface area contributed by atoms with Gasteiger partial charge in [0, 0.05) is 17.9 Å². The molecule has 7 nitrogen and oxygen atoms in total. The summed E-state index contributed by atoms with van der Waals surface area (Å²) in [6.45, 7) is 5.46. The van der Waals surface area contributed by atoms with E-state index in [-0.39, 0.29) is 6.61 Å². The van der Waals surface area contributed by atoms with Gasteiger partial charge in [-0.05, 0) is 40.0 Å². The van der Waals surface area contributed by atoms with Crippen LogP contribution in [0.4, 0.5) is 4.79 Å². The maximum Gasteiger partial charge on any atom is 0.422 e. The third-order valence-electron chi connectivity index (χ3n) is 3.71. The zero-order chi connectivity index (χ0) is 15.6. The monoisotopic (exact) mass is 296 g/mol. The van der Waals surface area contributed by atoms with Gasteiger partial charge in [0.2, 0.25) is 0 Å². The van der Waals surface area contributed by atoms with Gasteiger partial charge in [0.25, 0.3) is 5.56 Å². The number of ether oxygens (including phenoxy) is 2. The zero-order valence-electron chi connectivity index (χ0n) is 12.5. The van der Waals surface area contributed by atoms with Crippen LogP contribution in [0.15, 0.2) is 9.59 Å². The molecule has 0 aromatic carbocycles. The topological polar surface area (TPSA) is 79.5 Å². The first-order chi connectivity index (χ1) is 9.99. The fourth-order valence-corrected chi connectivity index (χ4v) is 2.43. The van der Waals surface area contributed by atoms with Crippen molar-refractivity contribution in [2.24, 2.45) is 0 Å². The Morgan fingerprint density at radius 1 is 1.33 bits per heavy atom. The maximum absolute atomic E-state index is 12.5. The van der Waals surface area contributed by atoms with Gasteiger partial charge in [0.15, 0.2) is 0 Å². The van der Waals surface area contributed by atoms with Gasteiger partial charge in [-0.15, -0.1) is 0 Å². The summed E-state index contributed by atoms with van der Waals surface area (Å²) in [6, 6.07) is 0. The Kier molecular flexibility index (Phi) is 4.62. The Balaban J connectivity index is 2.62. The van der Waals surface area contributed by atoms with Crippen molar-refractivity contribution >= 4 is 6.09 Å². The second-order valence-electron chi connectivity index (χ2n) is 5.02. The van der Waals surface area contributed by atoms with Gasteiger partial charge in [-0.3, -0.25) is 4.79 Å². The van der Waals surface area contributed by atoms with Gasteiger partial charge in [-0.25, -0.2) is 18.7 Å². The molecule has 0 bridgehead atoms. The molecule has 0 saturated carbocycles. The molecule has 7 heteroatoms. The van der Waals surface area contributed by atoms with E-state index in [1.54, 1.807) is 20.8 Å². The Labute approximate surface area is 122 Å². The van der Waals surface area contributed by atoms with Crippen LogP contribution in [0.2, 0.25) is 0 Å². The predicted molar refractivity (Wildman–Crippen MR) is 75.7 cm³/mol. The zero-order valence-corrected chi connectivity index (χ0v) is 12.5. The molecule has 1 unspecified atom stereocenters. The first-order valence-electron chi connectivity index (χ1n) is 7.12. The van der Waals surface area contributed by atoms with Crippen LogP contribution >= 0.6 is 0 Å². The van der Waals surface area contributed by atoms with Crippen molar-refractivity contribution in [3.05, 3.63) is 32.1 Å². The minimum Gasteiger partial charge on any atom is -0.449 e. The molecule has 0 radical (unpaired) electrons. The molecule has 21 heavy (non-hydrogen) atoms. The van der Waals surface area contributed by atoms with Gasteiger partial charge in [-0.1, -0.05) is 0 Å². The molecular weight excluding hydrogens is 276 g/mol. The fourth-order valence-electron chi connectivity index (χ4n) is 2.43. The minimum atomic E-state index is -0.771. The van der Waals surface area contributed by atoms with Crippen molar-refractivity contribution in [2.75, 3.05) is 13.2 Å². The largest absolute Gasteiger partial charge is 0.449 e. The molecule has 2 heterocycles. The standard InChI is InChI=1S/C14H20N2O5/c1-4-20-14(19)15-10(3)9(2)12(17)16(13(15)18)11-7-5-6-8-21-11/h11H,4-8H2,1-3H3. The van der Waals surface area contributed by atoms with E-state index in [1.165, 1.54) is 0 Å². The van der Waals surface area contributed by atoms with Crippen molar-refractivity contribution in [3.8, 4) is 0 Å². The summed E-state index contributed by atoms with van der Waals surface area (Å²) in [6.07, 6.45) is 0.984. The third-order valence-corrected chi connectivity index (χ3v) is 3.71. The quantitative estimate of drug-likeness (QED) is 0.822. The number of carbonyl (C=O) groups excluding carboxylic acids is 1. The molecule has 1 aromatic rings. The lowest BCUT2D eigenvalue weighted by Gasteiger charge is -2.25. The third kappa shape index (κ3) is 2.78. The lowest BCUT2D eigenvalue weighted by molar-refractivity contribution is -0.0375. The second kappa shape index (κ2) is 6.26. The first-order valence-corrected chi connectivity index (χ1v) is 7.12. The molecule has 0 spiro atoms. The van der Waals surface area contributed by atoms with Crippen molar-refractivity contribution < 1.29 is 14.3 Å². The number of carbonyl (C=O) groups is 1. The Bertz CT molecular complexity index is 653. The van der Waals surface area contributed by atoms with Gasteiger partial charge >= 0.3 is 11.8 Å². The van der Waals surface area contributed by atoms with E-state index in [1.807, 2.05) is 0 Å². The van der Waals surface area contributed by atoms with E-state index in [4.69, 9.17) is 9.47 Å². The maximum atomic E-state index is 12.5. The predicted octanol–water partition coefficient (Wildman–Crippen LogP) is 1.33. The van der Waals surface area contributed by atoms with Gasteiger partial charge < -0.3 is 9.47 Å². The molecule has 1 aromatic heterocycles. The average Bonchev–Trinajstić information content (AvgIpc) is 2.47. The number of aromatic nitrogens is 2. The molecule has 2 rings (SSSR count). The van der Waals surface area contributed by atoms with Crippen LogP contribution in [0.5, 0.6) is 0 Å². The van der Waals surface area contributed by atoms with Crippen LogP contribution in [0, 0.1) is 13.8 Å². The summed E-state index contributed by atoms with van der Waals surface area (Å²) < 4.78 is 12.3. The molecule has 1 aliphatic heterocycles. The SMILES string of the molecule is CCOC(=O)n1c(C)c(C)c(=O)n(C2CCCCO2)c1=O. The van der Waals surface area contributed by atoms with Gasteiger partial charge in [-0.2, -0.15) is 0 Å². The van der Waals surface area contributed by atoms with E-state index < -0.39 is 23.6 Å². The number of hydrogen-bond acceptors (Lipinski definition) is 5. The Hall–Kier alpha value is -1.89. The fraction of sp³-hybridized carbons (Fsp3) is 0.643. The van der Waals surface area contributed by atoms with Crippen LogP contribution in [0.1, 0.15) is 43.7 Å². The van der Waals surface area contributed by atoms with Crippen LogP contribution in [0.3, 0.4) is 0 Å². The van der Waals surface area contributed by atoms with E-state index in [2.05, 4.69) is 0 Å². The molecule has 1 aliphatic rings. The molecule has 1 saturated heterocycles.